The van der Waals surface area contributed by atoms with Crippen molar-refractivity contribution < 1.29 is 9.53 Å². The molecule has 1 saturated heterocycles. The molecule has 2 aromatic rings. The minimum atomic E-state index is -0.0772. The van der Waals surface area contributed by atoms with Gasteiger partial charge in [0.2, 0.25) is 5.91 Å². The van der Waals surface area contributed by atoms with Crippen molar-refractivity contribution in [3.05, 3.63) is 71.8 Å². The molecule has 0 spiro atoms. The molecule has 0 aromatic heterocycles. The van der Waals surface area contributed by atoms with Crippen LogP contribution in [-0.4, -0.2) is 29.6 Å². The Bertz CT molecular complexity index is 787. The van der Waals surface area contributed by atoms with E-state index in [-0.39, 0.29) is 17.6 Å². The predicted octanol–water partition coefficient (Wildman–Crippen LogP) is 6.37. The molecule has 1 fully saturated rings. The highest BCUT2D eigenvalue weighted by molar-refractivity contribution is 5.76. The molecule has 1 aliphatic rings. The molecule has 3 heteroatoms. The Balaban J connectivity index is 1.81. The highest BCUT2D eigenvalue weighted by Crippen LogP contribution is 2.40. The first-order chi connectivity index (χ1) is 14.4. The van der Waals surface area contributed by atoms with Gasteiger partial charge in [-0.2, -0.15) is 0 Å². The standard InChI is InChI=1S/C27H37NO2/c1-5-26(29)28(21(2)22-12-8-6-9-13-22)18-16-25(23-14-10-7-11-15-23)24-17-19-30-27(3,4)20-24/h6-15,21,24-25H,5,16-20H2,1-4H3/t21-,24-,25-/m1/s1. The molecule has 3 atom stereocenters. The minimum Gasteiger partial charge on any atom is -0.376 e. The Morgan fingerprint density at radius 2 is 1.67 bits per heavy atom. The molecular weight excluding hydrogens is 370 g/mol. The molecule has 30 heavy (non-hydrogen) atoms. The van der Waals surface area contributed by atoms with E-state index in [1.807, 2.05) is 13.0 Å². The zero-order valence-electron chi connectivity index (χ0n) is 19.0. The quantitative estimate of drug-likeness (QED) is 0.509. The van der Waals surface area contributed by atoms with Gasteiger partial charge in [0.25, 0.3) is 0 Å². The molecular formula is C27H37NO2. The van der Waals surface area contributed by atoms with Gasteiger partial charge in [0.1, 0.15) is 0 Å². The number of nitrogens with zero attached hydrogens (tertiary/aromatic N) is 1. The van der Waals surface area contributed by atoms with Crippen molar-refractivity contribution >= 4 is 5.91 Å². The largest absolute Gasteiger partial charge is 0.376 e. The monoisotopic (exact) mass is 407 g/mol. The summed E-state index contributed by atoms with van der Waals surface area (Å²) in [7, 11) is 0. The van der Waals surface area contributed by atoms with Crippen molar-refractivity contribution in [2.24, 2.45) is 5.92 Å². The summed E-state index contributed by atoms with van der Waals surface area (Å²) in [5.74, 6) is 1.23. The topological polar surface area (TPSA) is 29.5 Å². The molecule has 162 valence electrons. The van der Waals surface area contributed by atoms with E-state index in [0.29, 0.717) is 18.3 Å². The van der Waals surface area contributed by atoms with Crippen LogP contribution in [0.3, 0.4) is 0 Å². The van der Waals surface area contributed by atoms with Crippen LogP contribution in [0.1, 0.15) is 76.5 Å². The van der Waals surface area contributed by atoms with Crippen molar-refractivity contribution in [1.29, 1.82) is 0 Å². The summed E-state index contributed by atoms with van der Waals surface area (Å²) < 4.78 is 5.99. The normalized spacial score (nSPS) is 20.3. The molecule has 1 heterocycles. The lowest BCUT2D eigenvalue weighted by Crippen LogP contribution is -2.38. The summed E-state index contributed by atoms with van der Waals surface area (Å²) in [6, 6.07) is 21.3. The van der Waals surface area contributed by atoms with Crippen molar-refractivity contribution in [1.82, 2.24) is 4.90 Å². The Kier molecular flexibility index (Phi) is 7.71. The summed E-state index contributed by atoms with van der Waals surface area (Å²) >= 11 is 0. The first-order valence-corrected chi connectivity index (χ1v) is 11.4. The fourth-order valence-electron chi connectivity index (χ4n) is 4.92. The fourth-order valence-corrected chi connectivity index (χ4v) is 4.92. The van der Waals surface area contributed by atoms with E-state index in [2.05, 4.69) is 80.3 Å². The smallest absolute Gasteiger partial charge is 0.222 e. The van der Waals surface area contributed by atoms with E-state index in [1.54, 1.807) is 0 Å². The number of hydrogen-bond donors (Lipinski definition) is 0. The van der Waals surface area contributed by atoms with Crippen LogP contribution in [0.15, 0.2) is 60.7 Å². The van der Waals surface area contributed by atoms with Crippen LogP contribution in [-0.2, 0) is 9.53 Å². The van der Waals surface area contributed by atoms with Crippen LogP contribution in [0.2, 0.25) is 0 Å². The van der Waals surface area contributed by atoms with Crippen molar-refractivity contribution in [2.75, 3.05) is 13.2 Å². The van der Waals surface area contributed by atoms with Gasteiger partial charge in [-0.1, -0.05) is 67.6 Å². The van der Waals surface area contributed by atoms with E-state index < -0.39 is 0 Å². The maximum Gasteiger partial charge on any atom is 0.222 e. The number of hydrogen-bond acceptors (Lipinski definition) is 2. The molecule has 3 nitrogen and oxygen atoms in total. The zero-order valence-corrected chi connectivity index (χ0v) is 19.0. The summed E-state index contributed by atoms with van der Waals surface area (Å²) in [6.45, 7) is 10.1. The maximum absolute atomic E-state index is 12.9. The third-order valence-electron chi connectivity index (χ3n) is 6.59. The molecule has 0 unspecified atom stereocenters. The van der Waals surface area contributed by atoms with Crippen LogP contribution in [0, 0.1) is 5.92 Å². The highest BCUT2D eigenvalue weighted by atomic mass is 16.5. The molecule has 3 rings (SSSR count). The van der Waals surface area contributed by atoms with E-state index in [4.69, 9.17) is 4.74 Å². The first-order valence-electron chi connectivity index (χ1n) is 11.4. The van der Waals surface area contributed by atoms with Gasteiger partial charge >= 0.3 is 0 Å². The van der Waals surface area contributed by atoms with Gasteiger partial charge in [-0.15, -0.1) is 0 Å². The molecule has 1 aliphatic heterocycles. The molecule has 0 radical (unpaired) electrons. The van der Waals surface area contributed by atoms with Crippen molar-refractivity contribution in [3.63, 3.8) is 0 Å². The second-order valence-corrected chi connectivity index (χ2v) is 9.19. The number of carbonyl (C=O) groups is 1. The number of amides is 1. The minimum absolute atomic E-state index is 0.0772. The summed E-state index contributed by atoms with van der Waals surface area (Å²) in [6.07, 6.45) is 3.66. The third-order valence-corrected chi connectivity index (χ3v) is 6.59. The molecule has 0 N–H and O–H groups in total. The second kappa shape index (κ2) is 10.3. The third kappa shape index (κ3) is 5.72. The van der Waals surface area contributed by atoms with Gasteiger partial charge in [0.15, 0.2) is 0 Å². The molecule has 0 bridgehead atoms. The van der Waals surface area contributed by atoms with Crippen LogP contribution in [0.25, 0.3) is 0 Å². The predicted molar refractivity (Wildman–Crippen MR) is 123 cm³/mol. The molecule has 2 aromatic carbocycles. The lowest BCUT2D eigenvalue weighted by molar-refractivity contribution is -0.133. The summed E-state index contributed by atoms with van der Waals surface area (Å²) in [5.41, 5.74) is 2.51. The number of benzene rings is 2. The van der Waals surface area contributed by atoms with Gasteiger partial charge in [-0.3, -0.25) is 4.79 Å². The second-order valence-electron chi connectivity index (χ2n) is 9.19. The van der Waals surface area contributed by atoms with Crippen LogP contribution in [0.4, 0.5) is 0 Å². The van der Waals surface area contributed by atoms with Crippen LogP contribution < -0.4 is 0 Å². The van der Waals surface area contributed by atoms with Gasteiger partial charge in [-0.05, 0) is 63.0 Å². The SMILES string of the molecule is CCC(=O)N(CC[C@H](c1ccccc1)[C@@H]1CCOC(C)(C)C1)[C@H](C)c1ccccc1. The fraction of sp³-hybridized carbons (Fsp3) is 0.519. The number of ether oxygens (including phenoxy) is 1. The van der Waals surface area contributed by atoms with Gasteiger partial charge in [0.05, 0.1) is 11.6 Å². The van der Waals surface area contributed by atoms with Crippen LogP contribution >= 0.6 is 0 Å². The Hall–Kier alpha value is -2.13. The Morgan fingerprint density at radius 3 is 2.23 bits per heavy atom. The van der Waals surface area contributed by atoms with Gasteiger partial charge < -0.3 is 9.64 Å². The summed E-state index contributed by atoms with van der Waals surface area (Å²) in [5, 5.41) is 0. The Morgan fingerprint density at radius 1 is 1.07 bits per heavy atom. The zero-order chi connectivity index (χ0) is 21.6. The lowest BCUT2D eigenvalue weighted by atomic mass is 9.75. The Labute approximate surface area is 182 Å². The molecule has 0 aliphatic carbocycles. The molecule has 1 amide bonds. The van der Waals surface area contributed by atoms with Gasteiger partial charge in [-0.25, -0.2) is 0 Å². The van der Waals surface area contributed by atoms with Gasteiger partial charge in [0, 0.05) is 19.6 Å². The highest BCUT2D eigenvalue weighted by Gasteiger charge is 2.34. The van der Waals surface area contributed by atoms with Crippen molar-refractivity contribution in [3.8, 4) is 0 Å². The number of rotatable bonds is 8. The average molecular weight is 408 g/mol. The van der Waals surface area contributed by atoms with Crippen LogP contribution in [0.5, 0.6) is 0 Å². The van der Waals surface area contributed by atoms with E-state index in [0.717, 1.165) is 32.4 Å². The first kappa shape index (κ1) is 22.6. The summed E-state index contributed by atoms with van der Waals surface area (Å²) in [4.78, 5) is 14.9. The number of carbonyl (C=O) groups excluding carboxylic acids is 1. The average Bonchev–Trinajstić information content (AvgIpc) is 2.76. The van der Waals surface area contributed by atoms with E-state index in [9.17, 15) is 4.79 Å². The maximum atomic E-state index is 12.9. The van der Waals surface area contributed by atoms with Crippen molar-refractivity contribution in [2.45, 2.75) is 70.9 Å². The van der Waals surface area contributed by atoms with E-state index >= 15 is 0 Å². The molecule has 0 saturated carbocycles. The van der Waals surface area contributed by atoms with E-state index in [1.165, 1.54) is 11.1 Å². The lowest BCUT2D eigenvalue weighted by Gasteiger charge is -2.40.